The van der Waals surface area contributed by atoms with Crippen LogP contribution in [-0.4, -0.2) is 93.6 Å². The zero-order chi connectivity index (χ0) is 46.9. The van der Waals surface area contributed by atoms with E-state index >= 15 is 14.0 Å². The molecule has 9 rings (SSSR count). The first-order valence-electron chi connectivity index (χ1n) is 23.0. The average molecular weight is 902 g/mol. The second kappa shape index (κ2) is 19.1. The summed E-state index contributed by atoms with van der Waals surface area (Å²) in [5.41, 5.74) is 9.97. The highest BCUT2D eigenvalue weighted by Gasteiger charge is 2.34. The molecule has 6 aromatic rings. The van der Waals surface area contributed by atoms with E-state index in [0.717, 1.165) is 42.0 Å². The number of carbonyl (C=O) groups excluding carboxylic acids is 3. The summed E-state index contributed by atoms with van der Waals surface area (Å²) in [5, 5.41) is 9.91. The van der Waals surface area contributed by atoms with Gasteiger partial charge >= 0.3 is 0 Å². The number of carbonyl (C=O) groups is 3. The lowest BCUT2D eigenvalue weighted by Crippen LogP contribution is -2.43. The first-order valence-corrected chi connectivity index (χ1v) is 23.0. The molecule has 0 radical (unpaired) electrons. The fraction of sp³-hybridized carbons (Fsp3) is 0.333. The number of nitrogens with zero attached hydrogens (tertiary/aromatic N) is 7. The van der Waals surface area contributed by atoms with Crippen LogP contribution in [0.1, 0.15) is 72.5 Å². The summed E-state index contributed by atoms with van der Waals surface area (Å²) in [4.78, 5) is 51.7. The number of rotatable bonds is 11. The summed E-state index contributed by atoms with van der Waals surface area (Å²) in [7, 11) is 3.72. The highest BCUT2D eigenvalue weighted by Crippen LogP contribution is 2.38. The van der Waals surface area contributed by atoms with E-state index in [0.29, 0.717) is 102 Å². The molecule has 0 saturated carbocycles. The molecule has 13 heteroatoms. The van der Waals surface area contributed by atoms with E-state index in [-0.39, 0.29) is 36.7 Å². The van der Waals surface area contributed by atoms with Crippen molar-refractivity contribution in [1.29, 1.82) is 5.26 Å². The van der Waals surface area contributed by atoms with Gasteiger partial charge in [-0.1, -0.05) is 48.5 Å². The monoisotopic (exact) mass is 901 g/mol. The molecule has 1 atom stereocenters. The number of nitriles is 1. The zero-order valence-corrected chi connectivity index (χ0v) is 38.8. The number of para-hydroxylation sites is 1. The predicted molar refractivity (Wildman–Crippen MR) is 255 cm³/mol. The maximum Gasteiger partial charge on any atom is 0.264 e. The molecule has 0 N–H and O–H groups in total. The quantitative estimate of drug-likeness (QED) is 0.129. The van der Waals surface area contributed by atoms with Gasteiger partial charge in [-0.2, -0.15) is 5.26 Å². The molecule has 0 spiro atoms. The SMILES string of the molecule is Cc1c(N(C(=O)c2cc(-c3cc4c(cc3C(=O)N3Cc5ccccc5C[C@H]3C)CN(C(=O)Cc3ccc(OCCN5CCOCC5)cc3F)CC4)n(C)c2C)c2ccccc2)cc(C#N)n1C. The van der Waals surface area contributed by atoms with Crippen molar-refractivity contribution >= 4 is 29.1 Å². The number of hydrogen-bond acceptors (Lipinski definition) is 7. The van der Waals surface area contributed by atoms with Crippen LogP contribution in [0.5, 0.6) is 5.75 Å². The number of ether oxygens (including phenoxy) is 2. The second-order valence-electron chi connectivity index (χ2n) is 18.0. The van der Waals surface area contributed by atoms with Crippen molar-refractivity contribution in [3.8, 4) is 23.1 Å². The molecule has 1 saturated heterocycles. The third-order valence-corrected chi connectivity index (χ3v) is 14.0. The highest BCUT2D eigenvalue weighted by atomic mass is 19.1. The van der Waals surface area contributed by atoms with Crippen LogP contribution in [0.3, 0.4) is 0 Å². The van der Waals surface area contributed by atoms with Gasteiger partial charge in [0.1, 0.15) is 29.9 Å². The molecular formula is C54H56FN7O5. The van der Waals surface area contributed by atoms with Crippen molar-refractivity contribution in [3.05, 3.63) is 159 Å². The minimum atomic E-state index is -0.488. The van der Waals surface area contributed by atoms with Gasteiger partial charge in [0, 0.05) is 99.4 Å². The fourth-order valence-electron chi connectivity index (χ4n) is 9.72. The molecule has 4 aromatic carbocycles. The summed E-state index contributed by atoms with van der Waals surface area (Å²) in [6.45, 7) is 11.2. The van der Waals surface area contributed by atoms with Gasteiger partial charge in [-0.15, -0.1) is 0 Å². The Morgan fingerprint density at radius 2 is 1.57 bits per heavy atom. The molecule has 0 bridgehead atoms. The number of hydrogen-bond donors (Lipinski definition) is 0. The normalized spacial score (nSPS) is 16.0. The Labute approximate surface area is 391 Å². The van der Waals surface area contributed by atoms with Crippen LogP contribution < -0.4 is 9.64 Å². The van der Waals surface area contributed by atoms with Crippen molar-refractivity contribution in [3.63, 3.8) is 0 Å². The molecule has 344 valence electrons. The van der Waals surface area contributed by atoms with Crippen LogP contribution in [0, 0.1) is 31.0 Å². The van der Waals surface area contributed by atoms with Gasteiger partial charge in [-0.3, -0.25) is 24.2 Å². The van der Waals surface area contributed by atoms with Crippen LogP contribution in [-0.2, 0) is 56.0 Å². The third-order valence-electron chi connectivity index (χ3n) is 14.0. The van der Waals surface area contributed by atoms with Crippen molar-refractivity contribution in [2.45, 2.75) is 59.2 Å². The summed E-state index contributed by atoms with van der Waals surface area (Å²) < 4.78 is 30.5. The van der Waals surface area contributed by atoms with Gasteiger partial charge in [0.05, 0.1) is 30.9 Å². The first kappa shape index (κ1) is 45.2. The number of fused-ring (bicyclic) bond motifs is 2. The van der Waals surface area contributed by atoms with E-state index in [1.54, 1.807) is 32.6 Å². The number of anilines is 2. The van der Waals surface area contributed by atoms with Crippen molar-refractivity contribution in [2.75, 3.05) is 50.9 Å². The van der Waals surface area contributed by atoms with E-state index in [1.165, 1.54) is 11.6 Å². The second-order valence-corrected chi connectivity index (χ2v) is 18.0. The predicted octanol–water partition coefficient (Wildman–Crippen LogP) is 8.06. The number of benzene rings is 4. The lowest BCUT2D eigenvalue weighted by molar-refractivity contribution is -0.131. The van der Waals surface area contributed by atoms with E-state index in [1.807, 2.05) is 92.0 Å². The van der Waals surface area contributed by atoms with Crippen molar-refractivity contribution in [2.24, 2.45) is 14.1 Å². The van der Waals surface area contributed by atoms with E-state index < -0.39 is 5.82 Å². The zero-order valence-electron chi connectivity index (χ0n) is 38.8. The maximum atomic E-state index is 15.5. The van der Waals surface area contributed by atoms with Crippen molar-refractivity contribution < 1.29 is 28.2 Å². The highest BCUT2D eigenvalue weighted by molar-refractivity contribution is 6.13. The molecule has 0 unspecified atom stereocenters. The number of halogens is 1. The number of morpholine rings is 1. The molecule has 5 heterocycles. The Balaban J connectivity index is 1.03. The van der Waals surface area contributed by atoms with Crippen LogP contribution in [0.25, 0.3) is 11.3 Å². The minimum Gasteiger partial charge on any atom is -0.492 e. The molecule has 3 aliphatic rings. The largest absolute Gasteiger partial charge is 0.492 e. The summed E-state index contributed by atoms with van der Waals surface area (Å²) in [6, 6.07) is 32.1. The standard InChI is InChI=1S/C54H56FN7O5/c1-35-25-38-11-9-10-12-41(38)34-61(35)53(64)48-27-42-33-60(52(63)28-40-15-16-45(30-49(40)55)67-24-21-59-19-22-66-23-20-59)18-17-39(42)26-47(48)51-31-46(36(2)58(51)5)54(65)62(43-13-7-6-8-14-43)50-29-44(32-56)57(4)37(50)3/h6-16,26-27,29-31,35H,17-25,28,33-34H2,1-5H3/t35-/m1/s1. The van der Waals surface area contributed by atoms with Gasteiger partial charge in [0.25, 0.3) is 11.8 Å². The lowest BCUT2D eigenvalue weighted by atomic mass is 9.89. The summed E-state index contributed by atoms with van der Waals surface area (Å²) >= 11 is 0. The molecule has 1 fully saturated rings. The van der Waals surface area contributed by atoms with E-state index in [9.17, 15) is 10.1 Å². The smallest absolute Gasteiger partial charge is 0.264 e. The molecule has 3 aliphatic heterocycles. The van der Waals surface area contributed by atoms with Gasteiger partial charge in [0.15, 0.2) is 0 Å². The Kier molecular flexibility index (Phi) is 12.9. The van der Waals surface area contributed by atoms with E-state index in [4.69, 9.17) is 9.47 Å². The third kappa shape index (κ3) is 8.99. The number of amides is 3. The van der Waals surface area contributed by atoms with Crippen molar-refractivity contribution in [1.82, 2.24) is 23.8 Å². The molecule has 12 nitrogen and oxygen atoms in total. The van der Waals surface area contributed by atoms with Gasteiger partial charge in [-0.25, -0.2) is 4.39 Å². The molecule has 3 amide bonds. The Morgan fingerprint density at radius 1 is 0.821 bits per heavy atom. The van der Waals surface area contributed by atoms with Crippen LogP contribution in [0.4, 0.5) is 15.8 Å². The van der Waals surface area contributed by atoms with Crippen LogP contribution in [0.2, 0.25) is 0 Å². The van der Waals surface area contributed by atoms with Gasteiger partial charge in [0.2, 0.25) is 5.91 Å². The summed E-state index contributed by atoms with van der Waals surface area (Å²) in [6.07, 6.45) is 1.13. The Morgan fingerprint density at radius 3 is 2.30 bits per heavy atom. The average Bonchev–Trinajstić information content (AvgIpc) is 3.80. The summed E-state index contributed by atoms with van der Waals surface area (Å²) in [5.74, 6) is -0.680. The topological polar surface area (TPSA) is 116 Å². The Bertz CT molecular complexity index is 2910. The minimum absolute atomic E-state index is 0.0834. The molecule has 67 heavy (non-hydrogen) atoms. The Hall–Kier alpha value is -7.01. The lowest BCUT2D eigenvalue weighted by Gasteiger charge is -2.36. The first-order chi connectivity index (χ1) is 32.4. The van der Waals surface area contributed by atoms with Crippen LogP contribution in [0.15, 0.2) is 97.1 Å². The maximum absolute atomic E-state index is 15.5. The van der Waals surface area contributed by atoms with E-state index in [2.05, 4.69) is 36.1 Å². The van der Waals surface area contributed by atoms with Gasteiger partial charge in [-0.05, 0) is 104 Å². The molecule has 2 aromatic heterocycles. The molecule has 0 aliphatic carbocycles. The van der Waals surface area contributed by atoms with Gasteiger partial charge < -0.3 is 28.4 Å². The molecular weight excluding hydrogens is 846 g/mol. The fourth-order valence-corrected chi connectivity index (χ4v) is 9.72. The number of aromatic nitrogens is 2. The van der Waals surface area contributed by atoms with Crippen LogP contribution >= 0.6 is 0 Å².